The summed E-state index contributed by atoms with van der Waals surface area (Å²) in [6, 6.07) is 19.3. The molecule has 0 bridgehead atoms. The third-order valence-corrected chi connectivity index (χ3v) is 7.99. The number of hydrogen-bond acceptors (Lipinski definition) is 4. The Morgan fingerprint density at radius 3 is 1.69 bits per heavy atom. The fourth-order valence-electron chi connectivity index (χ4n) is 4.03. The third kappa shape index (κ3) is 15.8. The first-order chi connectivity index (χ1) is 18.8. The lowest BCUT2D eigenvalue weighted by Crippen LogP contribution is -2.05. The van der Waals surface area contributed by atoms with Gasteiger partial charge in [-0.15, -0.1) is 0 Å². The molecular weight excluding hydrogens is 503 g/mol. The first-order valence-corrected chi connectivity index (χ1v) is 15.8. The van der Waals surface area contributed by atoms with Gasteiger partial charge in [0.2, 0.25) is 0 Å². The van der Waals surface area contributed by atoms with Crippen molar-refractivity contribution in [3.63, 3.8) is 0 Å². The van der Waals surface area contributed by atoms with Gasteiger partial charge in [-0.2, -0.15) is 0 Å². The lowest BCUT2D eigenvalue weighted by molar-refractivity contribution is 0.0985. The minimum atomic E-state index is -3.70. The van der Waals surface area contributed by atoms with Gasteiger partial charge >= 0.3 is 7.82 Å². The summed E-state index contributed by atoms with van der Waals surface area (Å²) in [5.41, 5.74) is 6.17. The van der Waals surface area contributed by atoms with Crippen molar-refractivity contribution in [3.8, 4) is 0 Å². The van der Waals surface area contributed by atoms with Gasteiger partial charge in [0.05, 0.1) is 19.8 Å². The maximum absolute atomic E-state index is 13.4. The van der Waals surface area contributed by atoms with Crippen LogP contribution in [0.15, 0.2) is 95.6 Å². The maximum atomic E-state index is 13.4. The molecule has 4 nitrogen and oxygen atoms in total. The van der Waals surface area contributed by atoms with E-state index in [2.05, 4.69) is 52.8 Å². The van der Waals surface area contributed by atoms with Crippen LogP contribution >= 0.6 is 7.82 Å². The fraction of sp³-hybridized carbons (Fsp3) is 0.471. The van der Waals surface area contributed by atoms with Crippen molar-refractivity contribution in [3.05, 3.63) is 107 Å². The number of hydrogen-bond donors (Lipinski definition) is 0. The standard InChI is InChI=1S/C34H49O4P/c1-29(2)15-12-16-30(3)17-13-18-31(4)19-14-20-32(5)25-26-36-39(35,37-27-33-21-8-6-9-22-33)38-28-34-23-10-7-11-24-34/h6-11,15,17,19,21-24,32H,12-14,16,18,20,25-28H2,1-5H3. The van der Waals surface area contributed by atoms with Crippen LogP contribution in [0.4, 0.5) is 0 Å². The van der Waals surface area contributed by atoms with E-state index < -0.39 is 7.82 Å². The van der Waals surface area contributed by atoms with Gasteiger partial charge < -0.3 is 0 Å². The lowest BCUT2D eigenvalue weighted by Gasteiger charge is -2.19. The molecule has 0 saturated carbocycles. The Morgan fingerprint density at radius 1 is 0.692 bits per heavy atom. The molecule has 0 aliphatic carbocycles. The molecule has 1 unspecified atom stereocenters. The van der Waals surface area contributed by atoms with Crippen LogP contribution in [-0.4, -0.2) is 6.61 Å². The molecule has 2 rings (SSSR count). The lowest BCUT2D eigenvalue weighted by atomic mass is 10.0. The van der Waals surface area contributed by atoms with Crippen molar-refractivity contribution in [2.24, 2.45) is 5.92 Å². The number of phosphoric ester groups is 1. The molecule has 0 amide bonds. The minimum absolute atomic E-state index is 0.177. The summed E-state index contributed by atoms with van der Waals surface area (Å²) < 4.78 is 30.6. The summed E-state index contributed by atoms with van der Waals surface area (Å²) in [4.78, 5) is 0. The molecule has 0 aliphatic heterocycles. The molecule has 39 heavy (non-hydrogen) atoms. The van der Waals surface area contributed by atoms with Crippen LogP contribution in [-0.2, 0) is 31.4 Å². The van der Waals surface area contributed by atoms with E-state index in [1.165, 1.54) is 16.7 Å². The molecule has 2 aromatic carbocycles. The summed E-state index contributed by atoms with van der Waals surface area (Å²) in [7, 11) is -3.70. The second-order valence-corrected chi connectivity index (χ2v) is 12.4. The molecule has 0 aromatic heterocycles. The molecule has 0 fully saturated rings. The van der Waals surface area contributed by atoms with E-state index in [1.807, 2.05) is 60.7 Å². The van der Waals surface area contributed by atoms with Crippen molar-refractivity contribution in [1.82, 2.24) is 0 Å². The summed E-state index contributed by atoms with van der Waals surface area (Å²) in [5, 5.41) is 0. The summed E-state index contributed by atoms with van der Waals surface area (Å²) in [5.74, 6) is 0.447. The van der Waals surface area contributed by atoms with E-state index in [4.69, 9.17) is 13.6 Å². The Bertz CT molecular complexity index is 1020. The van der Waals surface area contributed by atoms with Crippen molar-refractivity contribution >= 4 is 7.82 Å². The zero-order chi connectivity index (χ0) is 28.3. The number of phosphoric acid groups is 1. The molecule has 0 N–H and O–H groups in total. The van der Waals surface area contributed by atoms with Crippen LogP contribution in [0.1, 0.15) is 90.7 Å². The Kier molecular flexibility index (Phi) is 16.0. The van der Waals surface area contributed by atoms with Crippen molar-refractivity contribution < 1.29 is 18.1 Å². The Morgan fingerprint density at radius 2 is 1.18 bits per heavy atom. The van der Waals surface area contributed by atoms with Gasteiger partial charge in [-0.25, -0.2) is 4.57 Å². The van der Waals surface area contributed by atoms with Crippen LogP contribution < -0.4 is 0 Å². The normalized spacial score (nSPS) is 13.4. The molecule has 2 aromatic rings. The third-order valence-electron chi connectivity index (χ3n) is 6.60. The van der Waals surface area contributed by atoms with Gasteiger partial charge in [0.1, 0.15) is 0 Å². The molecule has 0 heterocycles. The average Bonchev–Trinajstić information content (AvgIpc) is 2.92. The fourth-order valence-corrected chi connectivity index (χ4v) is 5.20. The highest BCUT2D eigenvalue weighted by Crippen LogP contribution is 2.51. The van der Waals surface area contributed by atoms with E-state index in [-0.39, 0.29) is 13.2 Å². The number of rotatable bonds is 19. The highest BCUT2D eigenvalue weighted by molar-refractivity contribution is 7.48. The highest BCUT2D eigenvalue weighted by Gasteiger charge is 2.27. The topological polar surface area (TPSA) is 44.8 Å². The van der Waals surface area contributed by atoms with E-state index in [1.54, 1.807) is 0 Å². The van der Waals surface area contributed by atoms with Crippen LogP contribution in [0.3, 0.4) is 0 Å². The minimum Gasteiger partial charge on any atom is -0.287 e. The van der Waals surface area contributed by atoms with E-state index in [0.29, 0.717) is 12.5 Å². The summed E-state index contributed by atoms with van der Waals surface area (Å²) >= 11 is 0. The smallest absolute Gasteiger partial charge is 0.287 e. The van der Waals surface area contributed by atoms with Gasteiger partial charge in [-0.1, -0.05) is 103 Å². The van der Waals surface area contributed by atoms with Crippen LogP contribution in [0.2, 0.25) is 0 Å². The molecule has 1 atom stereocenters. The molecule has 5 heteroatoms. The van der Waals surface area contributed by atoms with Gasteiger partial charge in [-0.05, 0) is 89.7 Å². The molecule has 0 aliphatic rings. The number of benzene rings is 2. The number of allylic oxidation sites excluding steroid dienone is 6. The van der Waals surface area contributed by atoms with Crippen LogP contribution in [0.5, 0.6) is 0 Å². The van der Waals surface area contributed by atoms with Crippen molar-refractivity contribution in [2.75, 3.05) is 6.61 Å². The molecule has 0 radical (unpaired) electrons. The molecular formula is C34H49O4P. The van der Waals surface area contributed by atoms with E-state index in [9.17, 15) is 4.57 Å². The monoisotopic (exact) mass is 552 g/mol. The molecule has 214 valence electrons. The Labute approximate surface area is 237 Å². The van der Waals surface area contributed by atoms with Crippen LogP contribution in [0.25, 0.3) is 0 Å². The predicted molar refractivity (Wildman–Crippen MR) is 164 cm³/mol. The summed E-state index contributed by atoms with van der Waals surface area (Å²) in [6.45, 7) is 11.7. The first-order valence-electron chi connectivity index (χ1n) is 14.3. The van der Waals surface area contributed by atoms with E-state index in [0.717, 1.165) is 56.1 Å². The van der Waals surface area contributed by atoms with Crippen LogP contribution in [0, 0.1) is 5.92 Å². The average molecular weight is 553 g/mol. The second-order valence-electron chi connectivity index (χ2n) is 10.7. The quantitative estimate of drug-likeness (QED) is 0.128. The molecule has 0 spiro atoms. The van der Waals surface area contributed by atoms with Crippen molar-refractivity contribution in [2.45, 2.75) is 92.8 Å². The largest absolute Gasteiger partial charge is 0.475 e. The zero-order valence-corrected chi connectivity index (χ0v) is 25.6. The summed E-state index contributed by atoms with van der Waals surface area (Å²) in [6.07, 6.45) is 14.5. The highest BCUT2D eigenvalue weighted by atomic mass is 31.2. The zero-order valence-electron chi connectivity index (χ0n) is 24.7. The second kappa shape index (κ2) is 19.0. The van der Waals surface area contributed by atoms with Gasteiger partial charge in [0.15, 0.2) is 0 Å². The first kappa shape index (κ1) is 33.0. The maximum Gasteiger partial charge on any atom is 0.475 e. The van der Waals surface area contributed by atoms with Gasteiger partial charge in [0.25, 0.3) is 0 Å². The molecule has 0 saturated heterocycles. The van der Waals surface area contributed by atoms with E-state index >= 15 is 0 Å². The predicted octanol–water partition coefficient (Wildman–Crippen LogP) is 10.8. The van der Waals surface area contributed by atoms with Gasteiger partial charge in [-0.3, -0.25) is 13.6 Å². The van der Waals surface area contributed by atoms with Gasteiger partial charge in [0, 0.05) is 0 Å². The SMILES string of the molecule is CC(C)=CCCC(C)=CCCC(C)=CCCC(C)CCOP(=O)(OCc1ccccc1)OCc1ccccc1. The Hall–Kier alpha value is -2.23. The Balaban J connectivity index is 1.74. The van der Waals surface area contributed by atoms with Crippen molar-refractivity contribution in [1.29, 1.82) is 0 Å².